The Morgan fingerprint density at radius 1 is 1.42 bits per heavy atom. The van der Waals surface area contributed by atoms with Gasteiger partial charge in [0.15, 0.2) is 5.16 Å². The van der Waals surface area contributed by atoms with Crippen LogP contribution in [-0.2, 0) is 4.79 Å². The molecular weight excluding hydrogens is 368 g/mol. The van der Waals surface area contributed by atoms with E-state index >= 15 is 0 Å². The number of hydrogen-bond donors (Lipinski definition) is 3. The lowest BCUT2D eigenvalue weighted by Crippen LogP contribution is -2.39. The van der Waals surface area contributed by atoms with Gasteiger partial charge in [-0.3, -0.25) is 14.9 Å². The molecule has 0 radical (unpaired) electrons. The number of nitrogens with zero attached hydrogens (tertiary/aromatic N) is 1. The fourth-order valence-electron chi connectivity index (χ4n) is 2.04. The maximum absolute atomic E-state index is 12.4. The van der Waals surface area contributed by atoms with Crippen molar-refractivity contribution in [1.82, 2.24) is 15.3 Å². The molecule has 3 rings (SSSR count). The summed E-state index contributed by atoms with van der Waals surface area (Å²) in [4.78, 5) is 43.6. The van der Waals surface area contributed by atoms with E-state index in [0.29, 0.717) is 15.4 Å². The quantitative estimate of drug-likeness (QED) is 0.474. The highest BCUT2D eigenvalue weighted by molar-refractivity contribution is 8.00. The van der Waals surface area contributed by atoms with Crippen LogP contribution in [0.1, 0.15) is 6.92 Å². The normalized spacial score (nSPS) is 12.2. The third kappa shape index (κ3) is 3.35. The molecule has 7 nitrogen and oxygen atoms in total. The van der Waals surface area contributed by atoms with Gasteiger partial charge in [0.25, 0.3) is 5.56 Å². The number of fused-ring (bicyclic) bond motifs is 1. The third-order valence-electron chi connectivity index (χ3n) is 3.11. The number of nitrogens with two attached hydrogens (primary N) is 1. The highest BCUT2D eigenvalue weighted by Crippen LogP contribution is 2.34. The predicted octanol–water partition coefficient (Wildman–Crippen LogP) is 2.39. The van der Waals surface area contributed by atoms with Gasteiger partial charge in [-0.05, 0) is 18.4 Å². The smallest absolute Gasteiger partial charge is 0.318 e. The second-order valence-corrected chi connectivity index (χ2v) is 7.93. The van der Waals surface area contributed by atoms with Crippen molar-refractivity contribution in [2.24, 2.45) is 5.73 Å². The Bertz CT molecular complexity index is 961. The number of urea groups is 1. The van der Waals surface area contributed by atoms with Gasteiger partial charge in [-0.2, -0.15) is 0 Å². The molecule has 0 bridgehead atoms. The van der Waals surface area contributed by atoms with Crippen LogP contribution in [0.2, 0.25) is 0 Å². The molecule has 0 saturated heterocycles. The number of hydrogen-bond acceptors (Lipinski definition) is 7. The number of carbonyl (C=O) groups is 2. The summed E-state index contributed by atoms with van der Waals surface area (Å²) >= 11 is 3.98. The monoisotopic (exact) mass is 380 g/mol. The SMILES string of the molecule is C[C@@H](Sc1nc2scc(-c3cccs3)c2c(=O)[nH]1)C(=O)NC(N)=O. The maximum Gasteiger partial charge on any atom is 0.318 e. The number of thioether (sulfide) groups is 1. The van der Waals surface area contributed by atoms with E-state index in [1.165, 1.54) is 11.3 Å². The molecule has 0 aliphatic rings. The summed E-state index contributed by atoms with van der Waals surface area (Å²) < 4.78 is 0. The summed E-state index contributed by atoms with van der Waals surface area (Å²) in [5.41, 5.74) is 5.52. The van der Waals surface area contributed by atoms with Crippen LogP contribution in [-0.4, -0.2) is 27.2 Å². The van der Waals surface area contributed by atoms with Crippen LogP contribution in [0.4, 0.5) is 4.79 Å². The van der Waals surface area contributed by atoms with Gasteiger partial charge in [0.2, 0.25) is 5.91 Å². The van der Waals surface area contributed by atoms with Crippen molar-refractivity contribution in [1.29, 1.82) is 0 Å². The average molecular weight is 380 g/mol. The molecule has 0 fully saturated rings. The number of nitrogens with one attached hydrogen (secondary N) is 2. The van der Waals surface area contributed by atoms with Crippen molar-refractivity contribution >= 4 is 56.6 Å². The van der Waals surface area contributed by atoms with E-state index in [1.807, 2.05) is 28.2 Å². The molecule has 0 aliphatic carbocycles. The van der Waals surface area contributed by atoms with E-state index in [0.717, 1.165) is 22.2 Å². The van der Waals surface area contributed by atoms with Gasteiger partial charge in [0.05, 0.1) is 10.6 Å². The predicted molar refractivity (Wildman–Crippen MR) is 96.6 cm³/mol. The van der Waals surface area contributed by atoms with Crippen LogP contribution >= 0.6 is 34.4 Å². The Morgan fingerprint density at radius 3 is 2.88 bits per heavy atom. The van der Waals surface area contributed by atoms with Crippen molar-refractivity contribution < 1.29 is 9.59 Å². The second-order valence-electron chi connectivity index (χ2n) is 4.79. The summed E-state index contributed by atoms with van der Waals surface area (Å²) in [6.07, 6.45) is 0. The number of thiophene rings is 2. The highest BCUT2D eigenvalue weighted by Gasteiger charge is 2.19. The number of rotatable bonds is 4. The maximum atomic E-state index is 12.4. The lowest BCUT2D eigenvalue weighted by atomic mass is 10.2. The number of aromatic nitrogens is 2. The number of H-pyrrole nitrogens is 1. The zero-order chi connectivity index (χ0) is 17.3. The van der Waals surface area contributed by atoms with Crippen molar-refractivity contribution in [3.8, 4) is 10.4 Å². The van der Waals surface area contributed by atoms with Gasteiger partial charge < -0.3 is 10.7 Å². The molecule has 0 unspecified atom stereocenters. The molecule has 124 valence electrons. The van der Waals surface area contributed by atoms with Crippen LogP contribution in [0.3, 0.4) is 0 Å². The molecule has 0 aliphatic heterocycles. The van der Waals surface area contributed by atoms with E-state index in [-0.39, 0.29) is 5.56 Å². The largest absolute Gasteiger partial charge is 0.351 e. The Balaban J connectivity index is 1.91. The molecule has 24 heavy (non-hydrogen) atoms. The first kappa shape index (κ1) is 16.7. The second kappa shape index (κ2) is 6.75. The molecule has 10 heteroatoms. The average Bonchev–Trinajstić information content (AvgIpc) is 3.14. The Morgan fingerprint density at radius 2 is 2.21 bits per heavy atom. The molecule has 3 aromatic rings. The molecule has 4 N–H and O–H groups in total. The number of primary amides is 1. The van der Waals surface area contributed by atoms with E-state index < -0.39 is 17.2 Å². The fourth-order valence-corrected chi connectivity index (χ4v) is 4.66. The Hall–Kier alpha value is -2.17. The van der Waals surface area contributed by atoms with Gasteiger partial charge in [-0.1, -0.05) is 17.8 Å². The van der Waals surface area contributed by atoms with E-state index in [2.05, 4.69) is 9.97 Å². The molecule has 0 spiro atoms. The first-order valence-electron chi connectivity index (χ1n) is 6.78. The molecule has 3 heterocycles. The zero-order valence-electron chi connectivity index (χ0n) is 12.4. The summed E-state index contributed by atoms with van der Waals surface area (Å²) in [6.45, 7) is 1.60. The van der Waals surface area contributed by atoms with E-state index in [4.69, 9.17) is 5.73 Å². The van der Waals surface area contributed by atoms with Gasteiger partial charge in [0.1, 0.15) is 4.83 Å². The van der Waals surface area contributed by atoms with Gasteiger partial charge >= 0.3 is 6.03 Å². The van der Waals surface area contributed by atoms with Crippen molar-refractivity contribution in [2.45, 2.75) is 17.3 Å². The lowest BCUT2D eigenvalue weighted by molar-refractivity contribution is -0.119. The first-order valence-corrected chi connectivity index (χ1v) is 9.42. The lowest BCUT2D eigenvalue weighted by Gasteiger charge is -2.09. The summed E-state index contributed by atoms with van der Waals surface area (Å²) in [6, 6.07) is 2.96. The zero-order valence-corrected chi connectivity index (χ0v) is 14.8. The van der Waals surface area contributed by atoms with Crippen LogP contribution in [0.15, 0.2) is 32.8 Å². The number of amides is 3. The molecule has 0 aromatic carbocycles. The van der Waals surface area contributed by atoms with E-state index in [1.54, 1.807) is 18.3 Å². The topological polar surface area (TPSA) is 118 Å². The van der Waals surface area contributed by atoms with Gasteiger partial charge in [-0.25, -0.2) is 9.78 Å². The van der Waals surface area contributed by atoms with Crippen LogP contribution in [0.5, 0.6) is 0 Å². The standard InChI is InChI=1S/C14H12N4O3S3/c1-6(10(19)16-13(15)21)24-14-17-11(20)9-7(5-23-12(9)18-14)8-3-2-4-22-8/h2-6H,1H3,(H,17,18,20)(H3,15,16,19,21)/t6-/m1/s1. The summed E-state index contributed by atoms with van der Waals surface area (Å²) in [7, 11) is 0. The Labute approximate surface area is 148 Å². The first-order chi connectivity index (χ1) is 11.5. The number of aromatic amines is 1. The molecule has 3 amide bonds. The van der Waals surface area contributed by atoms with Crippen molar-refractivity contribution in [3.05, 3.63) is 33.2 Å². The molecule has 1 atom stereocenters. The summed E-state index contributed by atoms with van der Waals surface area (Å²) in [5.74, 6) is -0.541. The minimum atomic E-state index is -0.914. The molecule has 3 aromatic heterocycles. The third-order valence-corrected chi connectivity index (χ3v) is 5.87. The molecular formula is C14H12N4O3S3. The van der Waals surface area contributed by atoms with Gasteiger partial charge in [-0.15, -0.1) is 22.7 Å². The molecule has 0 saturated carbocycles. The van der Waals surface area contributed by atoms with E-state index in [9.17, 15) is 14.4 Å². The highest BCUT2D eigenvalue weighted by atomic mass is 32.2. The minimum Gasteiger partial charge on any atom is -0.351 e. The van der Waals surface area contributed by atoms with Crippen LogP contribution in [0, 0.1) is 0 Å². The Kier molecular flexibility index (Phi) is 4.69. The van der Waals surface area contributed by atoms with Crippen LogP contribution in [0.25, 0.3) is 20.7 Å². The van der Waals surface area contributed by atoms with Gasteiger partial charge in [0, 0.05) is 15.8 Å². The van der Waals surface area contributed by atoms with Crippen LogP contribution < -0.4 is 16.6 Å². The fraction of sp³-hybridized carbons (Fsp3) is 0.143. The minimum absolute atomic E-state index is 0.255. The van der Waals surface area contributed by atoms with Crippen molar-refractivity contribution in [3.63, 3.8) is 0 Å². The number of carbonyl (C=O) groups excluding carboxylic acids is 2. The van der Waals surface area contributed by atoms with Crippen molar-refractivity contribution in [2.75, 3.05) is 0 Å². The summed E-state index contributed by atoms with van der Waals surface area (Å²) in [5, 5.41) is 6.08. The number of imide groups is 1.